The van der Waals surface area contributed by atoms with E-state index >= 15 is 0 Å². The van der Waals surface area contributed by atoms with Crippen LogP contribution < -0.4 is 5.32 Å². The molecule has 0 bridgehead atoms. The number of hydrogen-bond donors (Lipinski definition) is 1. The number of hydrogen-bond acceptors (Lipinski definition) is 4. The lowest BCUT2D eigenvalue weighted by molar-refractivity contribution is 0.346. The highest BCUT2D eigenvalue weighted by atomic mass is 15.0. The highest BCUT2D eigenvalue weighted by Crippen LogP contribution is 2.23. The fourth-order valence-electron chi connectivity index (χ4n) is 3.25. The third kappa shape index (κ3) is 3.50. The second-order valence-electron chi connectivity index (χ2n) is 6.19. The standard InChI is InChI=1S/C18H24N4/c1-13(21-16-6-4-3-5-7-16)17-12-20-18(22-14(17)2)15-8-10-19-11-9-15/h8-13,16,21H,3-7H2,1-2H3. The molecule has 0 aromatic carbocycles. The Morgan fingerprint density at radius 1 is 1.14 bits per heavy atom. The summed E-state index contributed by atoms with van der Waals surface area (Å²) in [5.74, 6) is 0.772. The van der Waals surface area contributed by atoms with Gasteiger partial charge in [0.05, 0.1) is 0 Å². The van der Waals surface area contributed by atoms with E-state index in [1.165, 1.54) is 37.7 Å². The first-order valence-corrected chi connectivity index (χ1v) is 8.24. The average molecular weight is 296 g/mol. The molecule has 2 aromatic heterocycles. The first-order valence-electron chi connectivity index (χ1n) is 8.24. The number of nitrogens with one attached hydrogen (secondary N) is 1. The van der Waals surface area contributed by atoms with Gasteiger partial charge in [0.25, 0.3) is 0 Å². The van der Waals surface area contributed by atoms with Crippen LogP contribution in [0.1, 0.15) is 56.3 Å². The first kappa shape index (κ1) is 15.1. The molecule has 1 N–H and O–H groups in total. The summed E-state index contributed by atoms with van der Waals surface area (Å²) in [6.07, 6.45) is 12.2. The SMILES string of the molecule is Cc1nc(-c2ccncc2)ncc1C(C)NC1CCCCC1. The third-order valence-corrected chi connectivity index (χ3v) is 4.51. The maximum atomic E-state index is 4.68. The van der Waals surface area contributed by atoms with Gasteiger partial charge in [-0.3, -0.25) is 4.98 Å². The summed E-state index contributed by atoms with van der Waals surface area (Å²) < 4.78 is 0. The van der Waals surface area contributed by atoms with Crippen LogP contribution in [0.3, 0.4) is 0 Å². The fourth-order valence-corrected chi connectivity index (χ4v) is 3.25. The average Bonchev–Trinajstić information content (AvgIpc) is 2.56. The number of nitrogens with zero attached hydrogens (tertiary/aromatic N) is 3. The lowest BCUT2D eigenvalue weighted by atomic mass is 9.94. The molecule has 22 heavy (non-hydrogen) atoms. The normalized spacial score (nSPS) is 17.4. The van der Waals surface area contributed by atoms with Gasteiger partial charge in [-0.2, -0.15) is 0 Å². The molecule has 2 heterocycles. The Kier molecular flexibility index (Phi) is 4.78. The summed E-state index contributed by atoms with van der Waals surface area (Å²) in [6.45, 7) is 4.28. The van der Waals surface area contributed by atoms with E-state index in [2.05, 4.69) is 34.1 Å². The zero-order chi connectivity index (χ0) is 15.4. The maximum absolute atomic E-state index is 4.68. The van der Waals surface area contributed by atoms with Crippen LogP contribution in [0.4, 0.5) is 0 Å². The summed E-state index contributed by atoms with van der Waals surface area (Å²) in [4.78, 5) is 13.3. The Morgan fingerprint density at radius 2 is 1.86 bits per heavy atom. The molecule has 116 valence electrons. The Balaban J connectivity index is 1.74. The van der Waals surface area contributed by atoms with Crippen molar-refractivity contribution < 1.29 is 0 Å². The monoisotopic (exact) mass is 296 g/mol. The van der Waals surface area contributed by atoms with E-state index in [9.17, 15) is 0 Å². The van der Waals surface area contributed by atoms with Crippen molar-refractivity contribution in [2.45, 2.75) is 58.0 Å². The smallest absolute Gasteiger partial charge is 0.159 e. The molecule has 0 aliphatic heterocycles. The molecule has 4 heteroatoms. The molecule has 1 aliphatic rings. The molecular weight excluding hydrogens is 272 g/mol. The van der Waals surface area contributed by atoms with Crippen LogP contribution in [0.15, 0.2) is 30.7 Å². The van der Waals surface area contributed by atoms with Crippen LogP contribution in [-0.4, -0.2) is 21.0 Å². The van der Waals surface area contributed by atoms with Crippen molar-refractivity contribution in [2.75, 3.05) is 0 Å². The topological polar surface area (TPSA) is 50.7 Å². The number of rotatable bonds is 4. The largest absolute Gasteiger partial charge is 0.307 e. The lowest BCUT2D eigenvalue weighted by Crippen LogP contribution is -2.33. The molecule has 4 nitrogen and oxygen atoms in total. The predicted molar refractivity (Wildman–Crippen MR) is 88.4 cm³/mol. The van der Waals surface area contributed by atoms with Gasteiger partial charge in [-0.15, -0.1) is 0 Å². The van der Waals surface area contributed by atoms with Crippen molar-refractivity contribution in [1.82, 2.24) is 20.3 Å². The van der Waals surface area contributed by atoms with E-state index in [0.29, 0.717) is 12.1 Å². The lowest BCUT2D eigenvalue weighted by Gasteiger charge is -2.27. The molecule has 0 amide bonds. The number of aromatic nitrogens is 3. The van der Waals surface area contributed by atoms with Gasteiger partial charge in [-0.1, -0.05) is 19.3 Å². The molecule has 1 atom stereocenters. The van der Waals surface area contributed by atoms with Crippen LogP contribution in [0.25, 0.3) is 11.4 Å². The van der Waals surface area contributed by atoms with Crippen molar-refractivity contribution in [2.24, 2.45) is 0 Å². The summed E-state index contributed by atoms with van der Waals surface area (Å²) in [5.41, 5.74) is 3.26. The van der Waals surface area contributed by atoms with E-state index < -0.39 is 0 Å². The minimum absolute atomic E-state index is 0.301. The first-order chi connectivity index (χ1) is 10.7. The Labute approximate surface area is 132 Å². The van der Waals surface area contributed by atoms with E-state index in [4.69, 9.17) is 0 Å². The summed E-state index contributed by atoms with van der Waals surface area (Å²) in [7, 11) is 0. The number of aryl methyl sites for hydroxylation is 1. The molecule has 0 saturated heterocycles. The molecule has 1 saturated carbocycles. The highest BCUT2D eigenvalue weighted by molar-refractivity contribution is 5.53. The fraction of sp³-hybridized carbons (Fsp3) is 0.500. The Morgan fingerprint density at radius 3 is 2.55 bits per heavy atom. The van der Waals surface area contributed by atoms with Gasteiger partial charge >= 0.3 is 0 Å². The van der Waals surface area contributed by atoms with Crippen LogP contribution in [-0.2, 0) is 0 Å². The zero-order valence-corrected chi connectivity index (χ0v) is 13.4. The second kappa shape index (κ2) is 6.97. The molecule has 1 unspecified atom stereocenters. The van der Waals surface area contributed by atoms with Crippen molar-refractivity contribution in [1.29, 1.82) is 0 Å². The van der Waals surface area contributed by atoms with Gasteiger partial charge in [-0.25, -0.2) is 9.97 Å². The predicted octanol–water partition coefficient (Wildman–Crippen LogP) is 3.83. The third-order valence-electron chi connectivity index (χ3n) is 4.51. The Hall–Kier alpha value is -1.81. The van der Waals surface area contributed by atoms with Crippen LogP contribution in [0.2, 0.25) is 0 Å². The van der Waals surface area contributed by atoms with Gasteiger partial charge in [0, 0.05) is 47.5 Å². The molecule has 3 rings (SSSR count). The quantitative estimate of drug-likeness (QED) is 0.931. The minimum atomic E-state index is 0.301. The highest BCUT2D eigenvalue weighted by Gasteiger charge is 2.18. The minimum Gasteiger partial charge on any atom is -0.307 e. The van der Waals surface area contributed by atoms with Crippen LogP contribution >= 0.6 is 0 Å². The molecular formula is C18H24N4. The molecule has 1 aliphatic carbocycles. The Bertz CT molecular complexity index is 606. The van der Waals surface area contributed by atoms with Crippen molar-refractivity contribution >= 4 is 0 Å². The molecule has 0 radical (unpaired) electrons. The molecule has 2 aromatic rings. The van der Waals surface area contributed by atoms with Gasteiger partial charge in [0.2, 0.25) is 0 Å². The summed E-state index contributed by atoms with van der Waals surface area (Å²) in [5, 5.41) is 3.75. The van der Waals surface area contributed by atoms with Crippen molar-refractivity contribution in [3.8, 4) is 11.4 Å². The van der Waals surface area contributed by atoms with Crippen LogP contribution in [0, 0.1) is 6.92 Å². The second-order valence-corrected chi connectivity index (χ2v) is 6.19. The van der Waals surface area contributed by atoms with Crippen LogP contribution in [0.5, 0.6) is 0 Å². The van der Waals surface area contributed by atoms with Gasteiger partial charge in [0.1, 0.15) is 0 Å². The molecule has 0 spiro atoms. The summed E-state index contributed by atoms with van der Waals surface area (Å²) >= 11 is 0. The number of pyridine rings is 1. The van der Waals surface area contributed by atoms with E-state index in [1.54, 1.807) is 12.4 Å². The van der Waals surface area contributed by atoms with E-state index in [1.807, 2.05) is 18.3 Å². The summed E-state index contributed by atoms with van der Waals surface area (Å²) in [6, 6.07) is 4.83. The van der Waals surface area contributed by atoms with E-state index in [0.717, 1.165) is 17.1 Å². The maximum Gasteiger partial charge on any atom is 0.159 e. The van der Waals surface area contributed by atoms with Gasteiger partial charge in [-0.05, 0) is 38.8 Å². The van der Waals surface area contributed by atoms with Gasteiger partial charge in [0.15, 0.2) is 5.82 Å². The molecule has 1 fully saturated rings. The zero-order valence-electron chi connectivity index (χ0n) is 13.4. The van der Waals surface area contributed by atoms with Crippen molar-refractivity contribution in [3.63, 3.8) is 0 Å². The van der Waals surface area contributed by atoms with Crippen molar-refractivity contribution in [3.05, 3.63) is 42.0 Å². The van der Waals surface area contributed by atoms with E-state index in [-0.39, 0.29) is 0 Å². The van der Waals surface area contributed by atoms with Gasteiger partial charge < -0.3 is 5.32 Å².